The maximum atomic E-state index is 13.4. The lowest BCUT2D eigenvalue weighted by Crippen LogP contribution is -2.12. The van der Waals surface area contributed by atoms with E-state index < -0.39 is 40.7 Å². The van der Waals surface area contributed by atoms with Crippen LogP contribution in [0.15, 0.2) is 85.2 Å². The van der Waals surface area contributed by atoms with Gasteiger partial charge >= 0.3 is 12.4 Å². The third-order valence-electron chi connectivity index (χ3n) is 5.45. The van der Waals surface area contributed by atoms with Gasteiger partial charge in [-0.25, -0.2) is 4.98 Å². The summed E-state index contributed by atoms with van der Waals surface area (Å²) in [4.78, 5) is 17.2. The number of alkyl halides is 6. The van der Waals surface area contributed by atoms with Crippen molar-refractivity contribution in [1.29, 1.82) is 0 Å². The number of ketones is 1. The highest BCUT2D eigenvalue weighted by Gasteiger charge is 2.37. The third-order valence-corrected chi connectivity index (χ3v) is 5.45. The number of carbonyl (C=O) groups is 1. The Hall–Kier alpha value is -4.81. The Morgan fingerprint density at radius 3 is 1.92 bits per heavy atom. The molecule has 38 heavy (non-hydrogen) atoms. The monoisotopic (exact) mass is 528 g/mol. The minimum absolute atomic E-state index is 0.00757. The number of hydrogen-bond acceptors (Lipinski definition) is 5. The van der Waals surface area contributed by atoms with E-state index in [0.717, 1.165) is 11.0 Å². The van der Waals surface area contributed by atoms with Gasteiger partial charge < -0.3 is 0 Å². The van der Waals surface area contributed by atoms with Crippen LogP contribution in [0.5, 0.6) is 0 Å². The van der Waals surface area contributed by atoms with Gasteiger partial charge in [-0.1, -0.05) is 53.7 Å². The van der Waals surface area contributed by atoms with Gasteiger partial charge in [0, 0.05) is 11.1 Å². The zero-order valence-corrected chi connectivity index (χ0v) is 18.9. The Bertz CT molecular complexity index is 1570. The summed E-state index contributed by atoms with van der Waals surface area (Å²) in [6, 6.07) is 17.7. The van der Waals surface area contributed by atoms with Gasteiger partial charge in [0.25, 0.3) is 0 Å². The molecule has 0 radical (unpaired) electrons. The van der Waals surface area contributed by atoms with Gasteiger partial charge in [0.05, 0.1) is 16.8 Å². The Labute approximate surface area is 210 Å². The fourth-order valence-electron chi connectivity index (χ4n) is 3.68. The van der Waals surface area contributed by atoms with Crippen molar-refractivity contribution in [2.45, 2.75) is 12.4 Å². The average molecular weight is 528 g/mol. The highest BCUT2D eigenvalue weighted by Crippen LogP contribution is 2.38. The smallest absolute Gasteiger partial charge is 0.287 e. The standard InChI is InChI=1S/C25H14F6N6O/c26-24(27,28)17-11-16(12-18(13-17)25(29,30)31)22-32-14-36(34-22)23-20(21(38)15-7-3-1-4-8-15)33-35-37(23)19-9-5-2-6-10-19/h1-14H. The number of hydrogen-bond donors (Lipinski definition) is 0. The van der Waals surface area contributed by atoms with Crippen LogP contribution in [-0.4, -0.2) is 35.5 Å². The lowest BCUT2D eigenvalue weighted by atomic mass is 10.0. The van der Waals surface area contributed by atoms with Crippen molar-refractivity contribution < 1.29 is 31.1 Å². The van der Waals surface area contributed by atoms with Crippen molar-refractivity contribution in [1.82, 2.24) is 29.8 Å². The first-order chi connectivity index (χ1) is 18.0. The highest BCUT2D eigenvalue weighted by atomic mass is 19.4. The number of benzene rings is 3. The van der Waals surface area contributed by atoms with Crippen LogP contribution in [0.25, 0.3) is 22.9 Å². The first-order valence-corrected chi connectivity index (χ1v) is 10.8. The second-order valence-corrected chi connectivity index (χ2v) is 8.01. The number of aromatic nitrogens is 6. The summed E-state index contributed by atoms with van der Waals surface area (Å²) < 4.78 is 82.4. The largest absolute Gasteiger partial charge is 0.416 e. The Morgan fingerprint density at radius 1 is 0.763 bits per heavy atom. The number of halogens is 6. The first kappa shape index (κ1) is 24.9. The number of carbonyl (C=O) groups excluding carboxylic acids is 1. The minimum Gasteiger partial charge on any atom is -0.287 e. The van der Waals surface area contributed by atoms with E-state index in [1.165, 1.54) is 4.68 Å². The van der Waals surface area contributed by atoms with E-state index in [1.807, 2.05) is 0 Å². The Balaban J connectivity index is 1.66. The summed E-state index contributed by atoms with van der Waals surface area (Å²) in [5.74, 6) is -0.967. The van der Waals surface area contributed by atoms with E-state index in [0.29, 0.717) is 17.8 Å². The van der Waals surface area contributed by atoms with Crippen molar-refractivity contribution in [2.24, 2.45) is 0 Å². The summed E-state index contributed by atoms with van der Waals surface area (Å²) in [6.07, 6.45) is -9.02. The highest BCUT2D eigenvalue weighted by molar-refractivity contribution is 6.09. The normalized spacial score (nSPS) is 12.1. The first-order valence-electron chi connectivity index (χ1n) is 10.8. The number of nitrogens with zero attached hydrogens (tertiary/aromatic N) is 6. The van der Waals surface area contributed by atoms with Crippen molar-refractivity contribution in [3.63, 3.8) is 0 Å². The van der Waals surface area contributed by atoms with E-state index in [-0.39, 0.29) is 23.1 Å². The molecule has 0 spiro atoms. The fourth-order valence-corrected chi connectivity index (χ4v) is 3.68. The van der Waals surface area contributed by atoms with Crippen LogP contribution in [0.3, 0.4) is 0 Å². The molecular weight excluding hydrogens is 514 g/mol. The van der Waals surface area contributed by atoms with E-state index >= 15 is 0 Å². The van der Waals surface area contributed by atoms with Crippen LogP contribution in [0.1, 0.15) is 27.2 Å². The van der Waals surface area contributed by atoms with Crippen LogP contribution in [-0.2, 0) is 12.4 Å². The lowest BCUT2D eigenvalue weighted by Gasteiger charge is -2.13. The molecule has 0 aliphatic rings. The molecule has 13 heteroatoms. The van der Waals surface area contributed by atoms with Crippen molar-refractivity contribution in [2.75, 3.05) is 0 Å². The molecule has 0 aliphatic carbocycles. The van der Waals surface area contributed by atoms with Gasteiger partial charge in [-0.05, 0) is 30.3 Å². The van der Waals surface area contributed by atoms with Crippen LogP contribution < -0.4 is 0 Å². The van der Waals surface area contributed by atoms with E-state index in [9.17, 15) is 31.1 Å². The maximum Gasteiger partial charge on any atom is 0.416 e. The molecule has 5 aromatic rings. The van der Waals surface area contributed by atoms with Crippen LogP contribution in [0.2, 0.25) is 0 Å². The van der Waals surface area contributed by atoms with Crippen LogP contribution in [0, 0.1) is 0 Å². The van der Waals surface area contributed by atoms with E-state index in [4.69, 9.17) is 0 Å². The Morgan fingerprint density at radius 2 is 1.34 bits per heavy atom. The second kappa shape index (κ2) is 9.25. The Kier molecular flexibility index (Phi) is 6.05. The van der Waals surface area contributed by atoms with Gasteiger partial charge in [-0.3, -0.25) is 4.79 Å². The molecule has 0 N–H and O–H groups in total. The molecule has 3 aromatic carbocycles. The average Bonchev–Trinajstić information content (AvgIpc) is 3.56. The van der Waals surface area contributed by atoms with Gasteiger partial charge in [0.15, 0.2) is 17.3 Å². The molecule has 0 saturated carbocycles. The lowest BCUT2D eigenvalue weighted by molar-refractivity contribution is -0.143. The van der Waals surface area contributed by atoms with Gasteiger partial charge in [0.1, 0.15) is 6.33 Å². The molecule has 0 amide bonds. The molecular formula is C25H14F6N6O. The summed E-state index contributed by atoms with van der Waals surface area (Å²) in [5.41, 5.74) is -2.93. The predicted octanol–water partition coefficient (Wildman–Crippen LogP) is 5.78. The molecule has 2 aromatic heterocycles. The van der Waals surface area contributed by atoms with Crippen LogP contribution in [0.4, 0.5) is 26.3 Å². The zero-order valence-electron chi connectivity index (χ0n) is 18.9. The third kappa shape index (κ3) is 4.77. The van der Waals surface area contributed by atoms with Crippen LogP contribution >= 0.6 is 0 Å². The van der Waals surface area contributed by atoms with Crippen molar-refractivity contribution >= 4 is 5.78 Å². The summed E-state index contributed by atoms with van der Waals surface area (Å²) in [6.45, 7) is 0. The van der Waals surface area contributed by atoms with E-state index in [1.54, 1.807) is 60.7 Å². The maximum absolute atomic E-state index is 13.4. The van der Waals surface area contributed by atoms with E-state index in [2.05, 4.69) is 20.4 Å². The van der Waals surface area contributed by atoms with Gasteiger partial charge in [-0.15, -0.1) is 10.2 Å². The molecule has 5 rings (SSSR count). The molecule has 7 nitrogen and oxygen atoms in total. The van der Waals surface area contributed by atoms with Gasteiger partial charge in [-0.2, -0.15) is 35.7 Å². The quantitative estimate of drug-likeness (QED) is 0.213. The topological polar surface area (TPSA) is 78.5 Å². The fraction of sp³-hybridized carbons (Fsp3) is 0.0800. The van der Waals surface area contributed by atoms with Crippen molar-refractivity contribution in [3.8, 4) is 22.9 Å². The van der Waals surface area contributed by atoms with Gasteiger partial charge in [0.2, 0.25) is 5.78 Å². The predicted molar refractivity (Wildman–Crippen MR) is 122 cm³/mol. The minimum atomic E-state index is -5.04. The summed E-state index contributed by atoms with van der Waals surface area (Å²) >= 11 is 0. The molecule has 0 saturated heterocycles. The molecule has 0 unspecified atom stereocenters. The molecule has 192 valence electrons. The molecule has 0 bridgehead atoms. The number of para-hydroxylation sites is 1. The molecule has 0 aliphatic heterocycles. The molecule has 0 atom stereocenters. The molecule has 2 heterocycles. The number of rotatable bonds is 5. The zero-order chi connectivity index (χ0) is 27.1. The molecule has 0 fully saturated rings. The second-order valence-electron chi connectivity index (χ2n) is 8.01. The summed E-state index contributed by atoms with van der Waals surface area (Å²) in [7, 11) is 0. The SMILES string of the molecule is O=C(c1ccccc1)c1nnn(-c2ccccc2)c1-n1cnc(-c2cc(C(F)(F)F)cc(C(F)(F)F)c2)n1. The summed E-state index contributed by atoms with van der Waals surface area (Å²) in [5, 5.41) is 12.2. The van der Waals surface area contributed by atoms with Crippen molar-refractivity contribution in [3.05, 3.63) is 108 Å².